The van der Waals surface area contributed by atoms with Crippen LogP contribution >= 0.6 is 23.2 Å². The summed E-state index contributed by atoms with van der Waals surface area (Å²) in [5.41, 5.74) is 1.03. The highest BCUT2D eigenvalue weighted by molar-refractivity contribution is 6.35. The molecule has 0 radical (unpaired) electrons. The third-order valence-corrected chi connectivity index (χ3v) is 4.23. The lowest BCUT2D eigenvalue weighted by atomic mass is 10.2. The van der Waals surface area contributed by atoms with E-state index in [1.165, 1.54) is 0 Å². The molecule has 0 saturated carbocycles. The van der Waals surface area contributed by atoms with E-state index >= 15 is 0 Å². The second-order valence-electron chi connectivity index (χ2n) is 4.60. The molecule has 0 spiro atoms. The van der Waals surface area contributed by atoms with Crippen molar-refractivity contribution in [1.82, 2.24) is 9.80 Å². The SMILES string of the molecule is CCN(CC)CCN(CC)Cc1c(Cl)cccc1Cl. The number of hydrogen-bond donors (Lipinski definition) is 0. The summed E-state index contributed by atoms with van der Waals surface area (Å²) in [6, 6.07) is 5.70. The van der Waals surface area contributed by atoms with Crippen molar-refractivity contribution in [2.24, 2.45) is 0 Å². The Morgan fingerprint density at radius 1 is 0.842 bits per heavy atom. The van der Waals surface area contributed by atoms with Gasteiger partial charge in [0.05, 0.1) is 0 Å². The lowest BCUT2D eigenvalue weighted by Crippen LogP contribution is -2.34. The van der Waals surface area contributed by atoms with Crippen LogP contribution in [-0.4, -0.2) is 42.5 Å². The van der Waals surface area contributed by atoms with Gasteiger partial charge in [0.2, 0.25) is 0 Å². The topological polar surface area (TPSA) is 6.48 Å². The number of benzene rings is 1. The largest absolute Gasteiger partial charge is 0.303 e. The summed E-state index contributed by atoms with van der Waals surface area (Å²) in [6.07, 6.45) is 0. The lowest BCUT2D eigenvalue weighted by Gasteiger charge is -2.25. The Bertz CT molecular complexity index is 358. The fourth-order valence-electron chi connectivity index (χ4n) is 2.08. The van der Waals surface area contributed by atoms with Crippen LogP contribution in [0.25, 0.3) is 0 Å². The highest BCUT2D eigenvalue weighted by Gasteiger charge is 2.11. The summed E-state index contributed by atoms with van der Waals surface area (Å²) >= 11 is 12.5. The average molecular weight is 303 g/mol. The predicted molar refractivity (Wildman–Crippen MR) is 85.2 cm³/mol. The molecule has 0 fully saturated rings. The molecule has 0 heterocycles. The van der Waals surface area contributed by atoms with Crippen molar-refractivity contribution in [3.05, 3.63) is 33.8 Å². The first-order chi connectivity index (χ1) is 9.12. The Morgan fingerprint density at radius 3 is 1.79 bits per heavy atom. The van der Waals surface area contributed by atoms with Crippen LogP contribution in [0.5, 0.6) is 0 Å². The van der Waals surface area contributed by atoms with Crippen molar-refractivity contribution in [3.63, 3.8) is 0 Å². The van der Waals surface area contributed by atoms with Crippen molar-refractivity contribution in [2.45, 2.75) is 27.3 Å². The second kappa shape index (κ2) is 8.80. The minimum atomic E-state index is 0.758. The van der Waals surface area contributed by atoms with Crippen molar-refractivity contribution >= 4 is 23.2 Å². The number of halogens is 2. The summed E-state index contributed by atoms with van der Waals surface area (Å²) in [4.78, 5) is 4.81. The molecule has 4 heteroatoms. The first-order valence-corrected chi connectivity index (χ1v) is 7.75. The van der Waals surface area contributed by atoms with Gasteiger partial charge in [0.15, 0.2) is 0 Å². The molecule has 108 valence electrons. The Balaban J connectivity index is 2.61. The molecule has 2 nitrogen and oxygen atoms in total. The smallest absolute Gasteiger partial charge is 0.0465 e. The molecule has 0 aliphatic rings. The average Bonchev–Trinajstić information content (AvgIpc) is 2.41. The van der Waals surface area contributed by atoms with Crippen LogP contribution in [-0.2, 0) is 6.54 Å². The fraction of sp³-hybridized carbons (Fsp3) is 0.600. The molecule has 1 aromatic carbocycles. The first-order valence-electron chi connectivity index (χ1n) is 6.99. The van der Waals surface area contributed by atoms with Gasteiger partial charge in [-0.3, -0.25) is 4.90 Å². The number of nitrogens with zero attached hydrogens (tertiary/aromatic N) is 2. The Morgan fingerprint density at radius 2 is 1.32 bits per heavy atom. The highest BCUT2D eigenvalue weighted by Crippen LogP contribution is 2.25. The standard InChI is InChI=1S/C15H24Cl2N2/c1-4-18(5-2)10-11-19(6-3)12-13-14(16)8-7-9-15(13)17/h7-9H,4-6,10-12H2,1-3H3. The van der Waals surface area contributed by atoms with E-state index in [0.29, 0.717) is 0 Å². The molecule has 0 bridgehead atoms. The maximum atomic E-state index is 6.23. The van der Waals surface area contributed by atoms with Gasteiger partial charge in [-0.05, 0) is 31.8 Å². The molecule has 0 unspecified atom stereocenters. The van der Waals surface area contributed by atoms with Crippen LogP contribution in [0.2, 0.25) is 10.0 Å². The zero-order valence-corrected chi connectivity index (χ0v) is 13.6. The third kappa shape index (κ3) is 5.31. The zero-order chi connectivity index (χ0) is 14.3. The van der Waals surface area contributed by atoms with Gasteiger partial charge in [0.25, 0.3) is 0 Å². The maximum Gasteiger partial charge on any atom is 0.0465 e. The quantitative estimate of drug-likeness (QED) is 0.711. The molecular weight excluding hydrogens is 279 g/mol. The highest BCUT2D eigenvalue weighted by atomic mass is 35.5. The zero-order valence-electron chi connectivity index (χ0n) is 12.1. The molecule has 0 aliphatic carbocycles. The molecule has 0 atom stereocenters. The van der Waals surface area contributed by atoms with Gasteiger partial charge in [-0.25, -0.2) is 0 Å². The predicted octanol–water partition coefficient (Wildman–Crippen LogP) is 4.16. The number of likely N-dealkylation sites (N-methyl/N-ethyl adjacent to an activating group) is 2. The van der Waals surface area contributed by atoms with Crippen LogP contribution in [0.4, 0.5) is 0 Å². The van der Waals surface area contributed by atoms with Crippen LogP contribution in [0, 0.1) is 0 Å². The molecule has 19 heavy (non-hydrogen) atoms. The second-order valence-corrected chi connectivity index (χ2v) is 5.41. The van der Waals surface area contributed by atoms with E-state index in [4.69, 9.17) is 23.2 Å². The maximum absolute atomic E-state index is 6.23. The van der Waals surface area contributed by atoms with Crippen molar-refractivity contribution in [2.75, 3.05) is 32.7 Å². The molecule has 0 N–H and O–H groups in total. The van der Waals surface area contributed by atoms with E-state index in [0.717, 1.165) is 54.9 Å². The van der Waals surface area contributed by atoms with Gasteiger partial charge in [-0.1, -0.05) is 50.0 Å². The summed E-state index contributed by atoms with van der Waals surface area (Å²) in [5, 5.41) is 1.52. The van der Waals surface area contributed by atoms with Gasteiger partial charge < -0.3 is 4.90 Å². The first kappa shape index (κ1) is 16.8. The van der Waals surface area contributed by atoms with Crippen molar-refractivity contribution in [1.29, 1.82) is 0 Å². The Kier molecular flexibility index (Phi) is 7.77. The van der Waals surface area contributed by atoms with Crippen LogP contribution < -0.4 is 0 Å². The van der Waals surface area contributed by atoms with Gasteiger partial charge >= 0.3 is 0 Å². The number of hydrogen-bond acceptors (Lipinski definition) is 2. The minimum Gasteiger partial charge on any atom is -0.303 e. The van der Waals surface area contributed by atoms with E-state index < -0.39 is 0 Å². The summed E-state index contributed by atoms with van der Waals surface area (Å²) in [5.74, 6) is 0. The van der Waals surface area contributed by atoms with Crippen LogP contribution in [0.3, 0.4) is 0 Å². The molecular formula is C15H24Cl2N2. The fourth-order valence-corrected chi connectivity index (χ4v) is 2.60. The molecule has 0 aromatic heterocycles. The van der Waals surface area contributed by atoms with Crippen molar-refractivity contribution < 1.29 is 0 Å². The molecule has 0 saturated heterocycles. The molecule has 0 aliphatic heterocycles. The Hall–Kier alpha value is -0.280. The van der Waals surface area contributed by atoms with E-state index in [-0.39, 0.29) is 0 Å². The van der Waals surface area contributed by atoms with Crippen LogP contribution in [0.1, 0.15) is 26.3 Å². The summed E-state index contributed by atoms with van der Waals surface area (Å²) in [6.45, 7) is 12.7. The summed E-state index contributed by atoms with van der Waals surface area (Å²) < 4.78 is 0. The van der Waals surface area contributed by atoms with Gasteiger partial charge in [0.1, 0.15) is 0 Å². The van der Waals surface area contributed by atoms with Crippen molar-refractivity contribution in [3.8, 4) is 0 Å². The molecule has 1 rings (SSSR count). The summed E-state index contributed by atoms with van der Waals surface area (Å²) in [7, 11) is 0. The lowest BCUT2D eigenvalue weighted by molar-refractivity contribution is 0.215. The van der Waals surface area contributed by atoms with Gasteiger partial charge in [-0.2, -0.15) is 0 Å². The van der Waals surface area contributed by atoms with E-state index in [9.17, 15) is 0 Å². The minimum absolute atomic E-state index is 0.758. The van der Waals surface area contributed by atoms with E-state index in [1.807, 2.05) is 18.2 Å². The van der Waals surface area contributed by atoms with E-state index in [1.54, 1.807) is 0 Å². The monoisotopic (exact) mass is 302 g/mol. The van der Waals surface area contributed by atoms with Crippen LogP contribution in [0.15, 0.2) is 18.2 Å². The normalized spacial score (nSPS) is 11.5. The molecule has 0 amide bonds. The Labute approximate surface area is 127 Å². The van der Waals surface area contributed by atoms with Gasteiger partial charge in [0, 0.05) is 35.2 Å². The van der Waals surface area contributed by atoms with E-state index in [2.05, 4.69) is 30.6 Å². The molecule has 1 aromatic rings. The number of rotatable bonds is 8. The third-order valence-electron chi connectivity index (χ3n) is 3.52. The van der Waals surface area contributed by atoms with Gasteiger partial charge in [-0.15, -0.1) is 0 Å².